The van der Waals surface area contributed by atoms with E-state index in [2.05, 4.69) is 29.1 Å². The molecule has 1 atom stereocenters. The number of rotatable bonds is 7. The van der Waals surface area contributed by atoms with Gasteiger partial charge in [-0.2, -0.15) is 0 Å². The molecule has 21 heavy (non-hydrogen) atoms. The molecule has 1 aromatic carbocycles. The highest BCUT2D eigenvalue weighted by atomic mass is 32.2. The zero-order valence-electron chi connectivity index (χ0n) is 12.6. The Morgan fingerprint density at radius 1 is 1.43 bits per heavy atom. The number of hydrogen-bond donors (Lipinski definition) is 3. The van der Waals surface area contributed by atoms with Gasteiger partial charge in [0.1, 0.15) is 0 Å². The fraction of sp³-hybridized carbons (Fsp3) is 0.562. The first-order valence-electron chi connectivity index (χ1n) is 7.59. The molecule has 0 aliphatic heterocycles. The third kappa shape index (κ3) is 3.25. The number of nitrogens with zero attached hydrogens (tertiary/aromatic N) is 1. The minimum absolute atomic E-state index is 0.183. The average Bonchev–Trinajstić information content (AvgIpc) is 3.23. The Kier molecular flexibility index (Phi) is 4.24. The van der Waals surface area contributed by atoms with Gasteiger partial charge in [-0.3, -0.25) is 0 Å². The van der Waals surface area contributed by atoms with Crippen LogP contribution in [0.1, 0.15) is 26.7 Å². The molecule has 1 fully saturated rings. The van der Waals surface area contributed by atoms with Crippen LogP contribution in [0, 0.1) is 5.92 Å². The number of para-hydroxylation sites is 2. The third-order valence-electron chi connectivity index (χ3n) is 4.05. The largest absolute Gasteiger partial charge is 0.394 e. The smallest absolute Gasteiger partial charge is 0.166 e. The lowest BCUT2D eigenvalue weighted by Crippen LogP contribution is -2.55. The van der Waals surface area contributed by atoms with Gasteiger partial charge >= 0.3 is 0 Å². The predicted molar refractivity (Wildman–Crippen MR) is 87.6 cm³/mol. The second-order valence-electron chi connectivity index (χ2n) is 6.24. The summed E-state index contributed by atoms with van der Waals surface area (Å²) in [5.41, 5.74) is 1.88. The molecule has 1 saturated carbocycles. The Morgan fingerprint density at radius 2 is 2.19 bits per heavy atom. The van der Waals surface area contributed by atoms with Crippen molar-refractivity contribution in [3.8, 4) is 0 Å². The zero-order valence-corrected chi connectivity index (χ0v) is 13.4. The van der Waals surface area contributed by atoms with Crippen molar-refractivity contribution < 1.29 is 5.11 Å². The van der Waals surface area contributed by atoms with Gasteiger partial charge in [0.2, 0.25) is 0 Å². The first-order chi connectivity index (χ1) is 10.1. The summed E-state index contributed by atoms with van der Waals surface area (Å²) in [4.78, 5) is 7.95. The second-order valence-corrected chi connectivity index (χ2v) is 7.20. The minimum Gasteiger partial charge on any atom is -0.394 e. The van der Waals surface area contributed by atoms with Gasteiger partial charge < -0.3 is 15.4 Å². The van der Waals surface area contributed by atoms with E-state index in [4.69, 9.17) is 0 Å². The van der Waals surface area contributed by atoms with Crippen LogP contribution < -0.4 is 5.32 Å². The molecule has 0 bridgehead atoms. The number of aromatic nitrogens is 2. The van der Waals surface area contributed by atoms with Gasteiger partial charge in [-0.1, -0.05) is 37.7 Å². The molecule has 1 heterocycles. The molecule has 1 aromatic heterocycles. The monoisotopic (exact) mass is 305 g/mol. The molecule has 1 aliphatic carbocycles. The Hall–Kier alpha value is -1.04. The number of aliphatic hydroxyl groups is 1. The highest BCUT2D eigenvalue weighted by molar-refractivity contribution is 7.99. The molecule has 0 radical (unpaired) electrons. The van der Waals surface area contributed by atoms with Crippen molar-refractivity contribution in [2.24, 2.45) is 5.92 Å². The van der Waals surface area contributed by atoms with E-state index in [1.54, 1.807) is 11.8 Å². The number of H-pyrrole nitrogens is 1. The average molecular weight is 305 g/mol. The van der Waals surface area contributed by atoms with E-state index in [1.807, 2.05) is 24.3 Å². The number of fused-ring (bicyclic) bond motifs is 1. The SMILES string of the molecule is CC(C)NC(CO)(CSc1nc2ccccc2[nH]1)C1CC1. The molecule has 1 aliphatic rings. The van der Waals surface area contributed by atoms with Gasteiger partial charge in [-0.15, -0.1) is 0 Å². The van der Waals surface area contributed by atoms with E-state index in [9.17, 15) is 5.11 Å². The van der Waals surface area contributed by atoms with Gasteiger partial charge in [0, 0.05) is 11.8 Å². The van der Waals surface area contributed by atoms with Crippen LogP contribution in [0.25, 0.3) is 11.0 Å². The van der Waals surface area contributed by atoms with Crippen molar-refractivity contribution in [3.63, 3.8) is 0 Å². The van der Waals surface area contributed by atoms with E-state index in [0.29, 0.717) is 12.0 Å². The summed E-state index contributed by atoms with van der Waals surface area (Å²) < 4.78 is 0. The molecule has 5 heteroatoms. The summed E-state index contributed by atoms with van der Waals surface area (Å²) in [5.74, 6) is 1.42. The Bertz CT molecular complexity index is 575. The maximum atomic E-state index is 9.95. The van der Waals surface area contributed by atoms with Crippen LogP contribution in [0.5, 0.6) is 0 Å². The molecule has 0 saturated heterocycles. The Morgan fingerprint density at radius 3 is 2.81 bits per heavy atom. The van der Waals surface area contributed by atoms with Gasteiger partial charge in [-0.25, -0.2) is 4.98 Å². The lowest BCUT2D eigenvalue weighted by molar-refractivity contribution is 0.150. The topological polar surface area (TPSA) is 60.9 Å². The van der Waals surface area contributed by atoms with E-state index in [0.717, 1.165) is 21.9 Å². The van der Waals surface area contributed by atoms with Crippen LogP contribution in [-0.4, -0.2) is 39.0 Å². The minimum atomic E-state index is -0.183. The molecule has 1 unspecified atom stereocenters. The Labute approximate surface area is 129 Å². The fourth-order valence-electron chi connectivity index (χ4n) is 2.90. The number of benzene rings is 1. The normalized spacial score (nSPS) is 18.3. The van der Waals surface area contributed by atoms with E-state index in [-0.39, 0.29) is 12.1 Å². The number of thioether (sulfide) groups is 1. The summed E-state index contributed by atoms with van der Waals surface area (Å²) >= 11 is 1.70. The summed E-state index contributed by atoms with van der Waals surface area (Å²) in [7, 11) is 0. The lowest BCUT2D eigenvalue weighted by atomic mass is 9.95. The molecular formula is C16H23N3OS. The molecule has 4 nitrogen and oxygen atoms in total. The van der Waals surface area contributed by atoms with Crippen molar-refractivity contribution >= 4 is 22.8 Å². The van der Waals surface area contributed by atoms with Crippen LogP contribution in [0.3, 0.4) is 0 Å². The van der Waals surface area contributed by atoms with Gasteiger partial charge in [0.15, 0.2) is 5.16 Å². The molecule has 0 amide bonds. The van der Waals surface area contributed by atoms with Crippen molar-refractivity contribution in [2.45, 2.75) is 43.4 Å². The predicted octanol–water partition coefficient (Wildman–Crippen LogP) is 2.79. The summed E-state index contributed by atoms with van der Waals surface area (Å²) in [5, 5.41) is 14.5. The van der Waals surface area contributed by atoms with Gasteiger partial charge in [0.05, 0.1) is 23.2 Å². The van der Waals surface area contributed by atoms with E-state index < -0.39 is 0 Å². The number of imidazole rings is 1. The number of aromatic amines is 1. The van der Waals surface area contributed by atoms with Crippen molar-refractivity contribution in [1.29, 1.82) is 0 Å². The van der Waals surface area contributed by atoms with Crippen molar-refractivity contribution in [2.75, 3.05) is 12.4 Å². The maximum absolute atomic E-state index is 9.95. The molecular weight excluding hydrogens is 282 g/mol. The molecule has 0 spiro atoms. The number of hydrogen-bond acceptors (Lipinski definition) is 4. The summed E-state index contributed by atoms with van der Waals surface area (Å²) in [6.07, 6.45) is 2.42. The Balaban J connectivity index is 1.73. The highest BCUT2D eigenvalue weighted by Crippen LogP contribution is 2.42. The van der Waals surface area contributed by atoms with Gasteiger partial charge in [-0.05, 0) is 30.9 Å². The molecule has 2 aromatic rings. The van der Waals surface area contributed by atoms with Crippen molar-refractivity contribution in [1.82, 2.24) is 15.3 Å². The molecule has 3 N–H and O–H groups in total. The zero-order chi connectivity index (χ0) is 14.9. The third-order valence-corrected chi connectivity index (χ3v) is 5.18. The number of nitrogens with one attached hydrogen (secondary N) is 2. The first-order valence-corrected chi connectivity index (χ1v) is 8.57. The second kappa shape index (κ2) is 5.99. The van der Waals surface area contributed by atoms with Crippen LogP contribution >= 0.6 is 11.8 Å². The first kappa shape index (κ1) is 14.9. The van der Waals surface area contributed by atoms with Crippen LogP contribution in [0.15, 0.2) is 29.4 Å². The molecule has 114 valence electrons. The van der Waals surface area contributed by atoms with Crippen LogP contribution in [0.2, 0.25) is 0 Å². The quantitative estimate of drug-likeness (QED) is 0.688. The summed E-state index contributed by atoms with van der Waals surface area (Å²) in [6, 6.07) is 8.44. The number of aliphatic hydroxyl groups excluding tert-OH is 1. The van der Waals surface area contributed by atoms with Crippen LogP contribution in [-0.2, 0) is 0 Å². The lowest BCUT2D eigenvalue weighted by Gasteiger charge is -2.35. The molecule has 3 rings (SSSR count). The van der Waals surface area contributed by atoms with Gasteiger partial charge in [0.25, 0.3) is 0 Å². The summed E-state index contributed by atoms with van der Waals surface area (Å²) in [6.45, 7) is 4.46. The van der Waals surface area contributed by atoms with E-state index >= 15 is 0 Å². The van der Waals surface area contributed by atoms with E-state index in [1.165, 1.54) is 12.8 Å². The fourth-order valence-corrected chi connectivity index (χ4v) is 4.05. The standard InChI is InChI=1S/C16H23N3OS/c1-11(2)19-16(9-20,12-7-8-12)10-21-15-17-13-5-3-4-6-14(13)18-15/h3-6,11-12,19-20H,7-10H2,1-2H3,(H,17,18). The maximum Gasteiger partial charge on any atom is 0.166 e. The van der Waals surface area contributed by atoms with Crippen LogP contribution in [0.4, 0.5) is 0 Å². The highest BCUT2D eigenvalue weighted by Gasteiger charge is 2.45. The van der Waals surface area contributed by atoms with Crippen molar-refractivity contribution in [3.05, 3.63) is 24.3 Å².